The first kappa shape index (κ1) is 48.9. The number of ether oxygens (including phenoxy) is 1. The van der Waals surface area contributed by atoms with Crippen LogP contribution in [0.25, 0.3) is 22.2 Å². The van der Waals surface area contributed by atoms with Crippen LogP contribution in [0, 0.1) is 0 Å². The predicted octanol–water partition coefficient (Wildman–Crippen LogP) is 6.44. The van der Waals surface area contributed by atoms with Crippen molar-refractivity contribution in [1.29, 1.82) is 0 Å². The molecular weight excluding hydrogens is 994 g/mol. The molecule has 6 aromatic rings. The summed E-state index contributed by atoms with van der Waals surface area (Å²) in [6, 6.07) is 11.3. The van der Waals surface area contributed by atoms with Crippen LogP contribution in [-0.2, 0) is 26.0 Å². The highest BCUT2D eigenvalue weighted by atomic mass is 79.9. The zero-order valence-corrected chi connectivity index (χ0v) is 42.2. The molecule has 4 N–H and O–H groups in total. The third kappa shape index (κ3) is 10.5. The summed E-state index contributed by atoms with van der Waals surface area (Å²) in [6.07, 6.45) is 12.4. The van der Waals surface area contributed by atoms with Crippen LogP contribution < -0.4 is 36.2 Å². The minimum atomic E-state index is -2.82. The van der Waals surface area contributed by atoms with E-state index in [0.717, 1.165) is 73.7 Å². The van der Waals surface area contributed by atoms with Gasteiger partial charge in [0, 0.05) is 93.7 Å². The van der Waals surface area contributed by atoms with Crippen molar-refractivity contribution >= 4 is 103 Å². The van der Waals surface area contributed by atoms with Gasteiger partial charge in [-0.05, 0) is 85.4 Å². The van der Waals surface area contributed by atoms with E-state index in [1.807, 2.05) is 43.7 Å². The van der Waals surface area contributed by atoms with E-state index in [-0.39, 0.29) is 42.0 Å². The molecule has 3 aromatic heterocycles. The number of benzene rings is 3. The average Bonchev–Trinajstić information content (AvgIpc) is 3.90. The van der Waals surface area contributed by atoms with Crippen LogP contribution in [0.3, 0.4) is 0 Å². The number of piperidine rings is 1. The normalized spacial score (nSPS) is 16.3. The Kier molecular flexibility index (Phi) is 14.3. The molecule has 20 nitrogen and oxygen atoms in total. The van der Waals surface area contributed by atoms with Gasteiger partial charge in [-0.1, -0.05) is 18.9 Å². The summed E-state index contributed by atoms with van der Waals surface area (Å²) < 4.78 is 21.9. The fourth-order valence-electron chi connectivity index (χ4n) is 9.34. The van der Waals surface area contributed by atoms with Gasteiger partial charge in [0.15, 0.2) is 0 Å². The fourth-order valence-corrected chi connectivity index (χ4v) is 11.0. The van der Waals surface area contributed by atoms with Crippen molar-refractivity contribution in [2.75, 3.05) is 74.0 Å². The van der Waals surface area contributed by atoms with Crippen LogP contribution >= 0.6 is 23.1 Å². The molecule has 0 saturated carbocycles. The summed E-state index contributed by atoms with van der Waals surface area (Å²) in [5.41, 5.74) is 5.79. The molecule has 1 atom stereocenters. The number of aromatic nitrogens is 6. The number of anilines is 6. The van der Waals surface area contributed by atoms with Gasteiger partial charge in [0.25, 0.3) is 11.8 Å². The number of nitrogens with one attached hydrogen (secondary N) is 4. The lowest BCUT2D eigenvalue weighted by atomic mass is 10.0. The van der Waals surface area contributed by atoms with Crippen molar-refractivity contribution in [1.82, 2.24) is 44.8 Å². The molecule has 0 bridgehead atoms. The van der Waals surface area contributed by atoms with E-state index in [1.54, 1.807) is 55.8 Å². The van der Waals surface area contributed by atoms with Crippen LogP contribution in [0.1, 0.15) is 65.7 Å². The van der Waals surface area contributed by atoms with Crippen LogP contribution in [0.15, 0.2) is 77.9 Å². The number of aryl methyl sites for hydroxylation is 1. The van der Waals surface area contributed by atoms with Gasteiger partial charge in [0.2, 0.25) is 23.7 Å². The van der Waals surface area contributed by atoms with E-state index in [9.17, 15) is 28.5 Å². The molecule has 368 valence electrons. The Bertz CT molecular complexity index is 3130. The number of piperazine rings is 1. The second-order valence-electron chi connectivity index (χ2n) is 18.1. The maximum atomic E-state index is 13.6. The Balaban J connectivity index is 0.793. The van der Waals surface area contributed by atoms with Crippen LogP contribution in [-0.4, -0.2) is 128 Å². The van der Waals surface area contributed by atoms with E-state index in [0.29, 0.717) is 56.1 Å². The monoisotopic (exact) mass is 1050 g/mol. The Morgan fingerprint density at radius 3 is 2.42 bits per heavy atom. The molecule has 1 unspecified atom stereocenters. The molecule has 2 fully saturated rings. The number of hydrogen-bond donors (Lipinski definition) is 4. The van der Waals surface area contributed by atoms with Crippen molar-refractivity contribution < 1.29 is 33.3 Å². The summed E-state index contributed by atoms with van der Waals surface area (Å²) in [5, 5.41) is 16.8. The van der Waals surface area contributed by atoms with Crippen molar-refractivity contribution in [2.45, 2.75) is 51.0 Å². The van der Waals surface area contributed by atoms with Crippen molar-refractivity contribution in [3.8, 4) is 16.9 Å². The summed E-state index contributed by atoms with van der Waals surface area (Å²) in [6.45, 7) is 7.65. The van der Waals surface area contributed by atoms with E-state index >= 15 is 0 Å². The molecule has 2 saturated heterocycles. The van der Waals surface area contributed by atoms with Gasteiger partial charge in [-0.25, -0.2) is 4.98 Å². The van der Waals surface area contributed by atoms with Gasteiger partial charge in [0.05, 0.1) is 56.8 Å². The van der Waals surface area contributed by atoms with Crippen molar-refractivity contribution in [3.05, 3.63) is 89.0 Å². The standard InChI is InChI=1S/C49H53BrN13O7P/c1-60-28-29(26-54-60)31-24-36(57-49-53-27-32(50)45(59-49)56-35-14-13-34-43(52-18-17-51-34)44(35)71(3,4)69)39(70-2)25-38(31)62-22-20-61(21-23-62)19-8-6-5-7-12-40(64)55-33-11-9-10-30-42(33)48(68)63(47(30)67)37-15-16-41(65)58-46(37)66/h9-11,13-14,17-18,24-28,37H,5-8,12,15-16,19-23H2,1-4H3,(H,55,64)(H,58,65,66)(H2,53,56,57,59). The summed E-state index contributed by atoms with van der Waals surface area (Å²) in [4.78, 5) is 87.8. The first-order chi connectivity index (χ1) is 34.2. The Hall–Kier alpha value is -7.09. The van der Waals surface area contributed by atoms with Crippen LogP contribution in [0.5, 0.6) is 5.75 Å². The first-order valence-corrected chi connectivity index (χ1v) is 26.7. The molecule has 3 aromatic carbocycles. The average molecular weight is 1050 g/mol. The minimum absolute atomic E-state index is 0.0233. The smallest absolute Gasteiger partial charge is 0.264 e. The highest BCUT2D eigenvalue weighted by Crippen LogP contribution is 2.43. The highest BCUT2D eigenvalue weighted by molar-refractivity contribution is 9.10. The predicted molar refractivity (Wildman–Crippen MR) is 274 cm³/mol. The maximum absolute atomic E-state index is 13.6. The lowest BCUT2D eigenvalue weighted by Gasteiger charge is -2.37. The maximum Gasteiger partial charge on any atom is 0.264 e. The van der Waals surface area contributed by atoms with Crippen molar-refractivity contribution in [2.24, 2.45) is 7.05 Å². The lowest BCUT2D eigenvalue weighted by molar-refractivity contribution is -0.136. The number of carbonyl (C=O) groups excluding carboxylic acids is 5. The first-order valence-electron chi connectivity index (χ1n) is 23.4. The number of imide groups is 2. The van der Waals surface area contributed by atoms with Gasteiger partial charge in [-0.2, -0.15) is 10.1 Å². The Morgan fingerprint density at radius 1 is 0.887 bits per heavy atom. The van der Waals surface area contributed by atoms with Crippen LogP contribution in [0.4, 0.5) is 34.5 Å². The highest BCUT2D eigenvalue weighted by Gasteiger charge is 2.45. The number of carbonyl (C=O) groups is 5. The topological polar surface area (TPSA) is 239 Å². The third-order valence-electron chi connectivity index (χ3n) is 12.8. The summed E-state index contributed by atoms with van der Waals surface area (Å²) >= 11 is 3.59. The van der Waals surface area contributed by atoms with E-state index < -0.39 is 36.8 Å². The fraction of sp³-hybridized carbons (Fsp3) is 0.347. The molecule has 0 aliphatic carbocycles. The number of unbranched alkanes of at least 4 members (excludes halogenated alkanes) is 3. The van der Waals surface area contributed by atoms with E-state index in [4.69, 9.17) is 9.72 Å². The second-order valence-corrected chi connectivity index (χ2v) is 22.1. The molecule has 3 aliphatic heterocycles. The zero-order chi connectivity index (χ0) is 50.0. The molecule has 0 spiro atoms. The number of halogens is 1. The number of hydrogen-bond acceptors (Lipinski definition) is 16. The van der Waals surface area contributed by atoms with E-state index in [2.05, 4.69) is 67.0 Å². The van der Waals surface area contributed by atoms with E-state index in [1.165, 1.54) is 6.07 Å². The number of rotatable bonds is 17. The summed E-state index contributed by atoms with van der Waals surface area (Å²) in [7, 11) is 0.696. The van der Waals surface area contributed by atoms with Gasteiger partial charge in [-0.15, -0.1) is 0 Å². The van der Waals surface area contributed by atoms with Gasteiger partial charge >= 0.3 is 0 Å². The molecule has 9 rings (SSSR count). The SMILES string of the molecule is COc1cc(N2CCN(CCCCCCC(=O)Nc3cccc4c3C(=O)N(C3CCC(=O)NC3=O)C4=O)CC2)c(-c2cnn(C)c2)cc1Nc1ncc(Br)c(Nc2ccc3nccnc3c2P(C)(C)=O)n1. The Morgan fingerprint density at radius 2 is 1.68 bits per heavy atom. The molecule has 22 heteroatoms. The zero-order valence-electron chi connectivity index (χ0n) is 39.7. The summed E-state index contributed by atoms with van der Waals surface area (Å²) in [5.74, 6) is -1.31. The van der Waals surface area contributed by atoms with Crippen LogP contribution in [0.2, 0.25) is 0 Å². The molecule has 0 radical (unpaired) electrons. The van der Waals surface area contributed by atoms with Gasteiger partial charge in [0.1, 0.15) is 30.3 Å². The molecule has 6 heterocycles. The van der Waals surface area contributed by atoms with Crippen molar-refractivity contribution in [3.63, 3.8) is 0 Å². The molecule has 5 amide bonds. The van der Waals surface area contributed by atoms with Gasteiger partial charge in [-0.3, -0.25) is 53.7 Å². The molecule has 71 heavy (non-hydrogen) atoms. The third-order valence-corrected chi connectivity index (χ3v) is 14.9. The second kappa shape index (κ2) is 20.7. The number of fused-ring (bicyclic) bond motifs is 2. The molecule has 3 aliphatic rings. The number of amides is 5. The van der Waals surface area contributed by atoms with Gasteiger partial charge < -0.3 is 30.2 Å². The number of nitrogens with zero attached hydrogens (tertiary/aromatic N) is 9. The Labute approximate surface area is 417 Å². The minimum Gasteiger partial charge on any atom is -0.494 e. The number of methoxy groups -OCH3 is 1. The molecular formula is C49H53BrN13O7P. The quantitative estimate of drug-likeness (QED) is 0.0437. The largest absolute Gasteiger partial charge is 0.494 e. The lowest BCUT2D eigenvalue weighted by Crippen LogP contribution is -2.54.